The van der Waals surface area contributed by atoms with E-state index >= 15 is 0 Å². The van der Waals surface area contributed by atoms with Gasteiger partial charge in [0.15, 0.2) is 0 Å². The Morgan fingerprint density at radius 2 is 2.00 bits per heavy atom. The monoisotopic (exact) mass is 317 g/mol. The van der Waals surface area contributed by atoms with Crippen LogP contribution in [0.25, 0.3) is 0 Å². The maximum atomic E-state index is 13.7. The SMILES string of the molecule is CCNc1c(F)cccc1C(=O)NCCS(=O)(=O)N(C)C. The van der Waals surface area contributed by atoms with E-state index < -0.39 is 21.7 Å². The number of nitrogens with one attached hydrogen (secondary N) is 2. The highest BCUT2D eigenvalue weighted by Crippen LogP contribution is 2.19. The van der Waals surface area contributed by atoms with E-state index in [1.54, 1.807) is 6.92 Å². The second-order valence-electron chi connectivity index (χ2n) is 4.55. The summed E-state index contributed by atoms with van der Waals surface area (Å²) in [6, 6.07) is 4.17. The summed E-state index contributed by atoms with van der Waals surface area (Å²) in [6.07, 6.45) is 0. The van der Waals surface area contributed by atoms with Crippen molar-refractivity contribution < 1.29 is 17.6 Å². The second kappa shape index (κ2) is 7.37. The van der Waals surface area contributed by atoms with Crippen molar-refractivity contribution in [2.75, 3.05) is 38.3 Å². The van der Waals surface area contributed by atoms with Crippen molar-refractivity contribution in [1.82, 2.24) is 9.62 Å². The Morgan fingerprint density at radius 1 is 1.33 bits per heavy atom. The van der Waals surface area contributed by atoms with Crippen LogP contribution in [0.5, 0.6) is 0 Å². The number of hydrogen-bond acceptors (Lipinski definition) is 4. The molecule has 0 radical (unpaired) electrons. The van der Waals surface area contributed by atoms with Gasteiger partial charge in [-0.15, -0.1) is 0 Å². The lowest BCUT2D eigenvalue weighted by Crippen LogP contribution is -2.34. The zero-order valence-electron chi connectivity index (χ0n) is 12.3. The largest absolute Gasteiger partial charge is 0.382 e. The van der Waals surface area contributed by atoms with Crippen molar-refractivity contribution in [3.05, 3.63) is 29.6 Å². The summed E-state index contributed by atoms with van der Waals surface area (Å²) in [5.41, 5.74) is 0.270. The summed E-state index contributed by atoms with van der Waals surface area (Å²) in [4.78, 5) is 12.0. The number of benzene rings is 1. The van der Waals surface area contributed by atoms with Crippen LogP contribution in [-0.4, -0.2) is 51.6 Å². The molecule has 0 fully saturated rings. The Hall–Kier alpha value is -1.67. The van der Waals surface area contributed by atoms with Gasteiger partial charge < -0.3 is 10.6 Å². The lowest BCUT2D eigenvalue weighted by molar-refractivity contribution is 0.0956. The molecule has 0 bridgehead atoms. The number of anilines is 1. The molecule has 8 heteroatoms. The first-order valence-electron chi connectivity index (χ1n) is 6.50. The normalized spacial score (nSPS) is 11.5. The molecule has 0 aliphatic carbocycles. The van der Waals surface area contributed by atoms with E-state index in [0.29, 0.717) is 6.54 Å². The molecule has 2 N–H and O–H groups in total. The number of halogens is 1. The number of carbonyl (C=O) groups excluding carboxylic acids is 1. The molecule has 118 valence electrons. The van der Waals surface area contributed by atoms with Crippen LogP contribution in [0, 0.1) is 5.82 Å². The van der Waals surface area contributed by atoms with Crippen molar-refractivity contribution in [1.29, 1.82) is 0 Å². The van der Waals surface area contributed by atoms with Gasteiger partial charge in [-0.25, -0.2) is 17.1 Å². The van der Waals surface area contributed by atoms with Gasteiger partial charge in [-0.3, -0.25) is 4.79 Å². The first kappa shape index (κ1) is 17.4. The molecular weight excluding hydrogens is 297 g/mol. The number of para-hydroxylation sites is 1. The van der Waals surface area contributed by atoms with Crippen LogP contribution in [0.1, 0.15) is 17.3 Å². The van der Waals surface area contributed by atoms with Crippen LogP contribution in [0.4, 0.5) is 10.1 Å². The van der Waals surface area contributed by atoms with Gasteiger partial charge in [0.25, 0.3) is 5.91 Å². The molecule has 0 spiro atoms. The van der Waals surface area contributed by atoms with Crippen molar-refractivity contribution in [3.8, 4) is 0 Å². The standard InChI is InChI=1S/C13H20FN3O3S/c1-4-15-12-10(6-5-7-11(12)14)13(18)16-8-9-21(19,20)17(2)3/h5-7,15H,4,8-9H2,1-3H3,(H,16,18). The molecular formula is C13H20FN3O3S. The molecule has 0 saturated heterocycles. The molecule has 0 heterocycles. The van der Waals surface area contributed by atoms with Crippen LogP contribution in [0.2, 0.25) is 0 Å². The molecule has 0 aliphatic rings. The highest BCUT2D eigenvalue weighted by atomic mass is 32.2. The maximum absolute atomic E-state index is 13.7. The van der Waals surface area contributed by atoms with Crippen LogP contribution >= 0.6 is 0 Å². The van der Waals surface area contributed by atoms with Gasteiger partial charge in [-0.1, -0.05) is 6.07 Å². The molecule has 0 atom stereocenters. The number of carbonyl (C=O) groups is 1. The number of nitrogens with zero attached hydrogens (tertiary/aromatic N) is 1. The molecule has 1 amide bonds. The molecule has 0 aliphatic heterocycles. The fraction of sp³-hybridized carbons (Fsp3) is 0.462. The minimum atomic E-state index is -3.38. The summed E-state index contributed by atoms with van der Waals surface area (Å²) < 4.78 is 37.9. The molecule has 0 aromatic heterocycles. The topological polar surface area (TPSA) is 78.5 Å². The molecule has 1 rings (SSSR count). The Balaban J connectivity index is 2.75. The van der Waals surface area contributed by atoms with Crippen LogP contribution in [0.15, 0.2) is 18.2 Å². The zero-order valence-corrected chi connectivity index (χ0v) is 13.1. The summed E-state index contributed by atoms with van der Waals surface area (Å²) >= 11 is 0. The first-order chi connectivity index (χ1) is 9.79. The summed E-state index contributed by atoms with van der Waals surface area (Å²) in [7, 11) is -0.528. The summed E-state index contributed by atoms with van der Waals surface area (Å²) in [6.45, 7) is 2.22. The molecule has 6 nitrogen and oxygen atoms in total. The second-order valence-corrected chi connectivity index (χ2v) is 6.85. The molecule has 0 unspecified atom stereocenters. The van der Waals surface area contributed by atoms with Gasteiger partial charge in [0, 0.05) is 27.2 Å². The van der Waals surface area contributed by atoms with Crippen molar-refractivity contribution in [2.24, 2.45) is 0 Å². The maximum Gasteiger partial charge on any atom is 0.253 e. The van der Waals surface area contributed by atoms with Crippen LogP contribution in [0.3, 0.4) is 0 Å². The quantitative estimate of drug-likeness (QED) is 0.782. The Labute approximate surface area is 124 Å². The van der Waals surface area contributed by atoms with E-state index in [1.807, 2.05) is 0 Å². The average molecular weight is 317 g/mol. The van der Waals surface area contributed by atoms with Gasteiger partial charge in [0.05, 0.1) is 17.0 Å². The predicted molar refractivity (Wildman–Crippen MR) is 80.4 cm³/mol. The number of amides is 1. The minimum Gasteiger partial charge on any atom is -0.382 e. The van der Waals surface area contributed by atoms with Gasteiger partial charge in [-0.2, -0.15) is 0 Å². The zero-order chi connectivity index (χ0) is 16.0. The van der Waals surface area contributed by atoms with Crippen molar-refractivity contribution in [2.45, 2.75) is 6.92 Å². The van der Waals surface area contributed by atoms with Gasteiger partial charge >= 0.3 is 0 Å². The van der Waals surface area contributed by atoms with E-state index in [9.17, 15) is 17.6 Å². The lowest BCUT2D eigenvalue weighted by atomic mass is 10.1. The van der Waals surface area contributed by atoms with E-state index in [0.717, 1.165) is 4.31 Å². The van der Waals surface area contributed by atoms with E-state index in [-0.39, 0.29) is 23.5 Å². The fourth-order valence-electron chi connectivity index (χ4n) is 1.64. The van der Waals surface area contributed by atoms with Gasteiger partial charge in [0.1, 0.15) is 5.82 Å². The third-order valence-corrected chi connectivity index (χ3v) is 4.65. The van der Waals surface area contributed by atoms with Gasteiger partial charge in [-0.05, 0) is 19.1 Å². The molecule has 21 heavy (non-hydrogen) atoms. The van der Waals surface area contributed by atoms with Crippen molar-refractivity contribution in [3.63, 3.8) is 0 Å². The lowest BCUT2D eigenvalue weighted by Gasteiger charge is -2.13. The average Bonchev–Trinajstić information content (AvgIpc) is 2.40. The summed E-state index contributed by atoms with van der Waals surface area (Å²) in [5, 5.41) is 5.27. The summed E-state index contributed by atoms with van der Waals surface area (Å²) in [5.74, 6) is -1.25. The highest BCUT2D eigenvalue weighted by molar-refractivity contribution is 7.89. The highest BCUT2D eigenvalue weighted by Gasteiger charge is 2.17. The van der Waals surface area contributed by atoms with Crippen LogP contribution < -0.4 is 10.6 Å². The third-order valence-electron chi connectivity index (χ3n) is 2.81. The van der Waals surface area contributed by atoms with E-state index in [2.05, 4.69) is 10.6 Å². The predicted octanol–water partition coefficient (Wildman–Crippen LogP) is 0.879. The molecule has 1 aromatic carbocycles. The Kier molecular flexibility index (Phi) is 6.10. The van der Waals surface area contributed by atoms with E-state index in [4.69, 9.17) is 0 Å². The third kappa shape index (κ3) is 4.68. The van der Waals surface area contributed by atoms with Crippen LogP contribution in [-0.2, 0) is 10.0 Å². The Morgan fingerprint density at radius 3 is 2.57 bits per heavy atom. The number of sulfonamides is 1. The van der Waals surface area contributed by atoms with Gasteiger partial charge in [0.2, 0.25) is 10.0 Å². The smallest absolute Gasteiger partial charge is 0.253 e. The number of hydrogen-bond donors (Lipinski definition) is 2. The first-order valence-corrected chi connectivity index (χ1v) is 8.11. The molecule has 0 saturated carbocycles. The number of rotatable bonds is 7. The Bertz CT molecular complexity index is 603. The minimum absolute atomic E-state index is 0.0403. The molecule has 1 aromatic rings. The fourth-order valence-corrected chi connectivity index (χ4v) is 2.37. The van der Waals surface area contributed by atoms with E-state index in [1.165, 1.54) is 32.3 Å². The van der Waals surface area contributed by atoms with Crippen molar-refractivity contribution >= 4 is 21.6 Å².